The van der Waals surface area contributed by atoms with Gasteiger partial charge in [0.1, 0.15) is 34.7 Å². The van der Waals surface area contributed by atoms with Crippen LogP contribution < -0.4 is 14.8 Å². The number of carboxylic acid groups (broad SMARTS) is 1. The maximum Gasteiger partial charge on any atom is 0.407 e. The van der Waals surface area contributed by atoms with E-state index in [0.717, 1.165) is 15.8 Å². The Morgan fingerprint density at radius 1 is 1.06 bits per heavy atom. The van der Waals surface area contributed by atoms with Gasteiger partial charge in [-0.1, -0.05) is 24.3 Å². The first-order valence-electron chi connectivity index (χ1n) is 11.8. The number of nitrogens with one attached hydrogen (secondary N) is 1. The molecule has 0 radical (unpaired) electrons. The molecule has 0 bridgehead atoms. The zero-order valence-electron chi connectivity index (χ0n) is 19.8. The number of hydrogen-bond acceptors (Lipinski definition) is 5. The SMILES string of the molecule is Cn1c(C(=O)Nc2ccccc2COc2cccc(OC3CCN(C(=O)O)CC3)c2)cc2ccsc21. The molecule has 9 heteroatoms. The van der Waals surface area contributed by atoms with Gasteiger partial charge >= 0.3 is 6.09 Å². The minimum Gasteiger partial charge on any atom is -0.490 e. The predicted molar refractivity (Wildman–Crippen MR) is 139 cm³/mol. The number of fused-ring (bicyclic) bond motifs is 1. The summed E-state index contributed by atoms with van der Waals surface area (Å²) >= 11 is 1.61. The van der Waals surface area contributed by atoms with Crippen molar-refractivity contribution in [3.05, 3.63) is 77.3 Å². The molecule has 2 N–H and O–H groups in total. The number of ether oxygens (including phenoxy) is 2. The van der Waals surface area contributed by atoms with E-state index >= 15 is 0 Å². The van der Waals surface area contributed by atoms with E-state index in [9.17, 15) is 9.59 Å². The first-order valence-corrected chi connectivity index (χ1v) is 12.7. The Morgan fingerprint density at radius 3 is 2.61 bits per heavy atom. The summed E-state index contributed by atoms with van der Waals surface area (Å²) in [6.45, 7) is 1.22. The molecule has 0 atom stereocenters. The van der Waals surface area contributed by atoms with E-state index in [-0.39, 0.29) is 18.6 Å². The zero-order chi connectivity index (χ0) is 25.1. The second-order valence-electron chi connectivity index (χ2n) is 8.73. The number of anilines is 1. The lowest BCUT2D eigenvalue weighted by molar-refractivity contribution is 0.0892. The average molecular weight is 506 g/mol. The molecule has 8 nitrogen and oxygen atoms in total. The molecule has 2 aromatic carbocycles. The van der Waals surface area contributed by atoms with Crippen molar-refractivity contribution < 1.29 is 24.2 Å². The van der Waals surface area contributed by atoms with Gasteiger partial charge in [0.15, 0.2) is 0 Å². The van der Waals surface area contributed by atoms with Crippen molar-refractivity contribution >= 4 is 39.2 Å². The quantitative estimate of drug-likeness (QED) is 0.341. The van der Waals surface area contributed by atoms with Crippen LogP contribution in [0.1, 0.15) is 28.9 Å². The van der Waals surface area contributed by atoms with Crippen LogP contribution in [0.2, 0.25) is 0 Å². The molecular formula is C27H27N3O5S. The lowest BCUT2D eigenvalue weighted by atomic mass is 10.1. The Hall–Kier alpha value is -3.98. The van der Waals surface area contributed by atoms with Crippen LogP contribution in [0.4, 0.5) is 10.5 Å². The lowest BCUT2D eigenvalue weighted by Crippen LogP contribution is -2.41. The van der Waals surface area contributed by atoms with E-state index in [1.807, 2.05) is 77.7 Å². The highest BCUT2D eigenvalue weighted by molar-refractivity contribution is 7.16. The molecule has 2 amide bonds. The third-order valence-electron chi connectivity index (χ3n) is 6.35. The summed E-state index contributed by atoms with van der Waals surface area (Å²) in [6, 6.07) is 18.9. The second-order valence-corrected chi connectivity index (χ2v) is 9.63. The Labute approximate surface area is 212 Å². The van der Waals surface area contributed by atoms with Gasteiger partial charge in [-0.25, -0.2) is 4.79 Å². The number of nitrogens with zero attached hydrogens (tertiary/aromatic N) is 2. The number of benzene rings is 2. The number of hydrogen-bond donors (Lipinski definition) is 2. The van der Waals surface area contributed by atoms with Crippen LogP contribution in [0.15, 0.2) is 66.0 Å². The van der Waals surface area contributed by atoms with E-state index in [4.69, 9.17) is 14.6 Å². The fourth-order valence-corrected chi connectivity index (χ4v) is 5.24. The first-order chi connectivity index (χ1) is 17.5. The van der Waals surface area contributed by atoms with Crippen LogP contribution >= 0.6 is 11.3 Å². The lowest BCUT2D eigenvalue weighted by Gasteiger charge is -2.30. The number of carbonyl (C=O) groups is 2. The third kappa shape index (κ3) is 5.16. The maximum absolute atomic E-state index is 13.0. The van der Waals surface area contributed by atoms with E-state index in [0.29, 0.717) is 48.8 Å². The van der Waals surface area contributed by atoms with Gasteiger partial charge in [0, 0.05) is 55.7 Å². The highest BCUT2D eigenvalue weighted by Gasteiger charge is 2.23. The summed E-state index contributed by atoms with van der Waals surface area (Å²) in [5, 5.41) is 15.2. The summed E-state index contributed by atoms with van der Waals surface area (Å²) in [6.07, 6.45) is 0.399. The predicted octanol–water partition coefficient (Wildman–Crippen LogP) is 5.59. The second kappa shape index (κ2) is 10.3. The summed E-state index contributed by atoms with van der Waals surface area (Å²) < 4.78 is 14.0. The number of piperidine rings is 1. The number of likely N-dealkylation sites (tertiary alicyclic amines) is 1. The Morgan fingerprint density at radius 2 is 1.83 bits per heavy atom. The van der Waals surface area contributed by atoms with Crippen LogP contribution in [0.25, 0.3) is 10.2 Å². The molecule has 0 aliphatic carbocycles. The Kier molecular flexibility index (Phi) is 6.81. The van der Waals surface area contributed by atoms with Gasteiger partial charge in [0.25, 0.3) is 5.91 Å². The van der Waals surface area contributed by atoms with Crippen LogP contribution in [-0.2, 0) is 13.7 Å². The maximum atomic E-state index is 13.0. The van der Waals surface area contributed by atoms with Gasteiger partial charge in [-0.05, 0) is 35.7 Å². The molecule has 5 rings (SSSR count). The van der Waals surface area contributed by atoms with Gasteiger partial charge in [0.05, 0.1) is 0 Å². The van der Waals surface area contributed by atoms with Crippen LogP contribution in [-0.4, -0.2) is 45.8 Å². The van der Waals surface area contributed by atoms with E-state index in [2.05, 4.69) is 5.32 Å². The first kappa shape index (κ1) is 23.7. The minimum atomic E-state index is -0.885. The molecule has 0 unspecified atom stereocenters. The van der Waals surface area contributed by atoms with Crippen molar-refractivity contribution in [3.8, 4) is 11.5 Å². The van der Waals surface area contributed by atoms with Crippen molar-refractivity contribution in [2.75, 3.05) is 18.4 Å². The van der Waals surface area contributed by atoms with Crippen LogP contribution in [0.3, 0.4) is 0 Å². The summed E-state index contributed by atoms with van der Waals surface area (Å²) in [5.41, 5.74) is 2.16. The summed E-state index contributed by atoms with van der Waals surface area (Å²) in [7, 11) is 1.90. The minimum absolute atomic E-state index is 0.0282. The molecule has 36 heavy (non-hydrogen) atoms. The molecule has 3 heterocycles. The molecule has 4 aromatic rings. The van der Waals surface area contributed by atoms with E-state index < -0.39 is 6.09 Å². The van der Waals surface area contributed by atoms with Gasteiger partial charge in [-0.2, -0.15) is 0 Å². The van der Waals surface area contributed by atoms with Crippen molar-refractivity contribution in [2.24, 2.45) is 7.05 Å². The highest BCUT2D eigenvalue weighted by Crippen LogP contribution is 2.27. The molecule has 1 fully saturated rings. The van der Waals surface area contributed by atoms with E-state index in [1.165, 1.54) is 4.90 Å². The largest absolute Gasteiger partial charge is 0.490 e. The van der Waals surface area contributed by atoms with Crippen LogP contribution in [0, 0.1) is 0 Å². The van der Waals surface area contributed by atoms with Crippen molar-refractivity contribution in [2.45, 2.75) is 25.6 Å². The molecule has 1 saturated heterocycles. The number of thiophene rings is 1. The number of amides is 2. The van der Waals surface area contributed by atoms with E-state index in [1.54, 1.807) is 11.3 Å². The molecule has 1 aliphatic rings. The van der Waals surface area contributed by atoms with Crippen molar-refractivity contribution in [1.29, 1.82) is 0 Å². The topological polar surface area (TPSA) is 93.0 Å². The normalized spacial score (nSPS) is 14.1. The monoisotopic (exact) mass is 505 g/mol. The molecule has 186 valence electrons. The summed E-state index contributed by atoms with van der Waals surface area (Å²) in [5.74, 6) is 1.17. The third-order valence-corrected chi connectivity index (χ3v) is 7.35. The van der Waals surface area contributed by atoms with Gasteiger partial charge in [-0.15, -0.1) is 11.3 Å². The summed E-state index contributed by atoms with van der Waals surface area (Å²) in [4.78, 5) is 26.6. The fourth-order valence-electron chi connectivity index (χ4n) is 4.38. The molecule has 0 saturated carbocycles. The van der Waals surface area contributed by atoms with Crippen LogP contribution in [0.5, 0.6) is 11.5 Å². The van der Waals surface area contributed by atoms with Gasteiger partial charge < -0.3 is 29.4 Å². The molecule has 2 aromatic heterocycles. The molecule has 0 spiro atoms. The van der Waals surface area contributed by atoms with Crippen molar-refractivity contribution in [3.63, 3.8) is 0 Å². The van der Waals surface area contributed by atoms with Gasteiger partial charge in [0.2, 0.25) is 0 Å². The Bertz CT molecular complexity index is 1390. The number of aryl methyl sites for hydroxylation is 1. The number of carbonyl (C=O) groups excluding carboxylic acids is 1. The Balaban J connectivity index is 1.21. The van der Waals surface area contributed by atoms with Gasteiger partial charge in [-0.3, -0.25) is 4.79 Å². The number of aromatic nitrogens is 1. The average Bonchev–Trinajstić information content (AvgIpc) is 3.47. The molecular weight excluding hydrogens is 478 g/mol. The zero-order valence-corrected chi connectivity index (χ0v) is 20.7. The van der Waals surface area contributed by atoms with Crippen molar-refractivity contribution in [1.82, 2.24) is 9.47 Å². The fraction of sp³-hybridized carbons (Fsp3) is 0.259. The number of para-hydroxylation sites is 1. The number of rotatable bonds is 7. The highest BCUT2D eigenvalue weighted by atomic mass is 32.1. The smallest absolute Gasteiger partial charge is 0.407 e. The standard InChI is InChI=1S/C27H27N3O5S/c1-29-24(15-18-11-14-36-26(18)29)25(31)28-23-8-3-2-5-19(23)17-34-21-6-4-7-22(16-21)35-20-9-12-30(13-10-20)27(32)33/h2-8,11,14-16,20H,9-10,12-13,17H2,1H3,(H,28,31)(H,32,33). The molecule has 1 aliphatic heterocycles.